The number of ether oxygens (including phenoxy) is 2. The van der Waals surface area contributed by atoms with Gasteiger partial charge in [0, 0.05) is 18.7 Å². The summed E-state index contributed by atoms with van der Waals surface area (Å²) in [4.78, 5) is 0. The molecule has 5 nitrogen and oxygen atoms in total. The number of thiocarbonyl (C=S) groups is 1. The topological polar surface area (TPSA) is 54.9 Å². The normalized spacial score (nSPS) is 17.3. The van der Waals surface area contributed by atoms with Crippen LogP contribution in [0.5, 0.6) is 5.75 Å². The summed E-state index contributed by atoms with van der Waals surface area (Å²) in [6, 6.07) is 12.1. The third kappa shape index (κ3) is 4.01. The van der Waals surface area contributed by atoms with Crippen LogP contribution in [0.4, 0.5) is 0 Å². The Balaban J connectivity index is 1.65. The lowest BCUT2D eigenvalue weighted by Crippen LogP contribution is -2.37. The van der Waals surface area contributed by atoms with Crippen molar-refractivity contribution in [2.24, 2.45) is 5.10 Å². The Morgan fingerprint density at radius 1 is 1.38 bits per heavy atom. The number of hydrazone groups is 1. The molecule has 3 rings (SSSR count). The van der Waals surface area contributed by atoms with Crippen molar-refractivity contribution in [3.63, 3.8) is 0 Å². The molecule has 1 aliphatic heterocycles. The van der Waals surface area contributed by atoms with E-state index in [1.54, 1.807) is 13.3 Å². The van der Waals surface area contributed by atoms with Crippen molar-refractivity contribution in [1.82, 2.24) is 10.7 Å². The second-order valence-electron chi connectivity index (χ2n) is 5.62. The van der Waals surface area contributed by atoms with Crippen molar-refractivity contribution in [1.29, 1.82) is 0 Å². The number of benzene rings is 2. The predicted octanol–water partition coefficient (Wildman–Crippen LogP) is 2.83. The van der Waals surface area contributed by atoms with Crippen LogP contribution >= 0.6 is 12.2 Å². The van der Waals surface area contributed by atoms with Crippen LogP contribution in [-0.2, 0) is 4.74 Å². The molecule has 2 N–H and O–H groups in total. The number of hydrogen-bond donors (Lipinski definition) is 2. The molecular formula is C18H21N3O2S. The summed E-state index contributed by atoms with van der Waals surface area (Å²) in [6.07, 6.45) is 4.17. The first-order valence-corrected chi connectivity index (χ1v) is 8.43. The Hall–Kier alpha value is -2.18. The van der Waals surface area contributed by atoms with E-state index in [1.165, 1.54) is 0 Å². The lowest BCUT2D eigenvalue weighted by atomic mass is 10.0. The zero-order valence-corrected chi connectivity index (χ0v) is 14.4. The molecule has 1 atom stereocenters. The molecule has 24 heavy (non-hydrogen) atoms. The van der Waals surface area contributed by atoms with Gasteiger partial charge in [0.25, 0.3) is 0 Å². The minimum atomic E-state index is 0.242. The fourth-order valence-corrected chi connectivity index (χ4v) is 2.93. The van der Waals surface area contributed by atoms with E-state index < -0.39 is 0 Å². The number of methoxy groups -OCH3 is 1. The van der Waals surface area contributed by atoms with Crippen LogP contribution in [0, 0.1) is 0 Å². The molecule has 0 radical (unpaired) electrons. The standard InChI is InChI=1S/C18H21N3O2S/c1-22-17-9-8-13-5-2-3-7-15(13)16(17)12-20-21-18(24)19-11-14-6-4-10-23-14/h2-3,5,7-9,12,14H,4,6,10-11H2,1H3,(H2,19,21,24)/b20-12-/t14-/m0/s1. The first-order valence-electron chi connectivity index (χ1n) is 8.02. The fraction of sp³-hybridized carbons (Fsp3) is 0.333. The number of fused-ring (bicyclic) bond motifs is 1. The average molecular weight is 343 g/mol. The molecule has 1 aliphatic rings. The van der Waals surface area contributed by atoms with Crippen LogP contribution in [0.25, 0.3) is 10.8 Å². The Labute approximate surface area is 147 Å². The second-order valence-corrected chi connectivity index (χ2v) is 6.03. The Morgan fingerprint density at radius 3 is 3.04 bits per heavy atom. The Morgan fingerprint density at radius 2 is 2.25 bits per heavy atom. The van der Waals surface area contributed by atoms with Gasteiger partial charge in [-0.1, -0.05) is 30.3 Å². The molecule has 126 valence electrons. The van der Waals surface area contributed by atoms with E-state index in [9.17, 15) is 0 Å². The van der Waals surface area contributed by atoms with E-state index >= 15 is 0 Å². The molecule has 1 fully saturated rings. The van der Waals surface area contributed by atoms with Crippen molar-refractivity contribution in [2.75, 3.05) is 20.3 Å². The molecule has 6 heteroatoms. The van der Waals surface area contributed by atoms with Gasteiger partial charge in [0.05, 0.1) is 19.4 Å². The van der Waals surface area contributed by atoms with Gasteiger partial charge in [-0.3, -0.25) is 5.43 Å². The maximum Gasteiger partial charge on any atom is 0.187 e. The summed E-state index contributed by atoms with van der Waals surface area (Å²) in [5.74, 6) is 0.775. The third-order valence-corrected chi connectivity index (χ3v) is 4.26. The summed E-state index contributed by atoms with van der Waals surface area (Å²) in [5.41, 5.74) is 3.77. The van der Waals surface area contributed by atoms with Crippen molar-refractivity contribution in [3.8, 4) is 5.75 Å². The van der Waals surface area contributed by atoms with Crippen LogP contribution < -0.4 is 15.5 Å². The fourth-order valence-electron chi connectivity index (χ4n) is 2.79. The van der Waals surface area contributed by atoms with Gasteiger partial charge in [-0.25, -0.2) is 0 Å². The molecule has 0 aliphatic carbocycles. The lowest BCUT2D eigenvalue weighted by molar-refractivity contribution is 0.114. The van der Waals surface area contributed by atoms with Crippen LogP contribution in [-0.4, -0.2) is 37.7 Å². The van der Waals surface area contributed by atoms with Gasteiger partial charge in [0.2, 0.25) is 0 Å². The molecule has 0 bridgehead atoms. The quantitative estimate of drug-likeness (QED) is 0.497. The summed E-state index contributed by atoms with van der Waals surface area (Å²) in [7, 11) is 1.66. The number of nitrogens with one attached hydrogen (secondary N) is 2. The van der Waals surface area contributed by atoms with E-state index in [0.29, 0.717) is 11.7 Å². The van der Waals surface area contributed by atoms with Gasteiger partial charge in [0.15, 0.2) is 5.11 Å². The monoisotopic (exact) mass is 343 g/mol. The molecule has 2 aromatic carbocycles. The third-order valence-electron chi connectivity index (χ3n) is 4.02. The van der Waals surface area contributed by atoms with Gasteiger partial charge in [-0.2, -0.15) is 5.10 Å². The lowest BCUT2D eigenvalue weighted by Gasteiger charge is -2.12. The molecule has 1 saturated heterocycles. The number of nitrogens with zero attached hydrogens (tertiary/aromatic N) is 1. The minimum Gasteiger partial charge on any atom is -0.496 e. The summed E-state index contributed by atoms with van der Waals surface area (Å²) < 4.78 is 11.0. The number of rotatable bonds is 5. The predicted molar refractivity (Wildman–Crippen MR) is 101 cm³/mol. The van der Waals surface area contributed by atoms with Crippen molar-refractivity contribution >= 4 is 34.3 Å². The first kappa shape index (κ1) is 16.7. The van der Waals surface area contributed by atoms with Crippen LogP contribution in [0.15, 0.2) is 41.5 Å². The Kier molecular flexibility index (Phi) is 5.61. The molecule has 1 heterocycles. The van der Waals surface area contributed by atoms with Crippen LogP contribution in [0.2, 0.25) is 0 Å². The number of hydrogen-bond acceptors (Lipinski definition) is 4. The molecule has 0 saturated carbocycles. The van der Waals surface area contributed by atoms with Gasteiger partial charge in [0.1, 0.15) is 5.75 Å². The van der Waals surface area contributed by atoms with Crippen LogP contribution in [0.1, 0.15) is 18.4 Å². The van der Waals surface area contributed by atoms with Crippen LogP contribution in [0.3, 0.4) is 0 Å². The molecule has 0 unspecified atom stereocenters. The SMILES string of the molecule is COc1ccc2ccccc2c1/C=N\NC(=S)NC[C@@H]1CCCO1. The zero-order chi connectivity index (χ0) is 16.8. The molecule has 0 aromatic heterocycles. The highest BCUT2D eigenvalue weighted by molar-refractivity contribution is 7.80. The van der Waals surface area contributed by atoms with Gasteiger partial charge in [-0.05, 0) is 41.9 Å². The summed E-state index contributed by atoms with van der Waals surface area (Å²) in [5, 5.41) is 10.1. The highest BCUT2D eigenvalue weighted by Gasteiger charge is 2.15. The largest absolute Gasteiger partial charge is 0.496 e. The maximum absolute atomic E-state index is 5.55. The zero-order valence-electron chi connectivity index (χ0n) is 13.6. The second kappa shape index (κ2) is 8.08. The smallest absolute Gasteiger partial charge is 0.187 e. The average Bonchev–Trinajstić information content (AvgIpc) is 3.13. The molecule has 0 spiro atoms. The van der Waals surface area contributed by atoms with E-state index in [1.807, 2.05) is 30.3 Å². The molecule has 0 amide bonds. The highest BCUT2D eigenvalue weighted by Crippen LogP contribution is 2.26. The van der Waals surface area contributed by atoms with E-state index in [-0.39, 0.29) is 6.10 Å². The van der Waals surface area contributed by atoms with Crippen molar-refractivity contribution in [3.05, 3.63) is 42.0 Å². The van der Waals surface area contributed by atoms with Gasteiger partial charge < -0.3 is 14.8 Å². The van der Waals surface area contributed by atoms with Crippen molar-refractivity contribution in [2.45, 2.75) is 18.9 Å². The molecular weight excluding hydrogens is 322 g/mol. The minimum absolute atomic E-state index is 0.242. The maximum atomic E-state index is 5.55. The van der Waals surface area contributed by atoms with Gasteiger partial charge in [-0.15, -0.1) is 0 Å². The van der Waals surface area contributed by atoms with E-state index in [0.717, 1.165) is 41.5 Å². The Bertz CT molecular complexity index is 742. The molecule has 2 aromatic rings. The van der Waals surface area contributed by atoms with Crippen molar-refractivity contribution < 1.29 is 9.47 Å². The van der Waals surface area contributed by atoms with Gasteiger partial charge >= 0.3 is 0 Å². The first-order chi connectivity index (χ1) is 11.8. The summed E-state index contributed by atoms with van der Waals surface area (Å²) >= 11 is 5.24. The summed E-state index contributed by atoms with van der Waals surface area (Å²) in [6.45, 7) is 1.55. The van der Waals surface area contributed by atoms with E-state index in [2.05, 4.69) is 21.9 Å². The van der Waals surface area contributed by atoms with E-state index in [4.69, 9.17) is 21.7 Å². The highest BCUT2D eigenvalue weighted by atomic mass is 32.1.